The summed E-state index contributed by atoms with van der Waals surface area (Å²) in [5.41, 5.74) is 0. The number of halogens is 1. The maximum atomic E-state index is 2.35. The Bertz CT molecular complexity index is 364. The third-order valence-corrected chi connectivity index (χ3v) is 7.41. The molecule has 0 N–H and O–H groups in total. The first-order valence-corrected chi connectivity index (χ1v) is 7.53. The molecule has 0 aromatic carbocycles. The van der Waals surface area contributed by atoms with E-state index >= 15 is 0 Å². The maximum Gasteiger partial charge on any atom is -1.00 e. The first-order chi connectivity index (χ1) is 6.79. The van der Waals surface area contributed by atoms with Crippen molar-refractivity contribution in [2.45, 2.75) is 26.7 Å². The van der Waals surface area contributed by atoms with Gasteiger partial charge in [0, 0.05) is 0 Å². The first kappa shape index (κ1) is 12.9. The van der Waals surface area contributed by atoms with Gasteiger partial charge in [-0.3, -0.25) is 0 Å². The zero-order chi connectivity index (χ0) is 9.97. The predicted molar refractivity (Wildman–Crippen MR) is 61.1 cm³/mol. The van der Waals surface area contributed by atoms with E-state index in [1.54, 1.807) is 11.6 Å². The van der Waals surface area contributed by atoms with Gasteiger partial charge in [0.25, 0.3) is 0 Å². The second-order valence-electron chi connectivity index (χ2n) is 4.02. The zero-order valence-corrected chi connectivity index (χ0v) is 11.6. The van der Waals surface area contributed by atoms with Gasteiger partial charge in [-0.15, -0.1) is 0 Å². The second-order valence-corrected chi connectivity index (χ2v) is 8.76. The van der Waals surface area contributed by atoms with Gasteiger partial charge in [-0.1, -0.05) is 0 Å². The summed E-state index contributed by atoms with van der Waals surface area (Å²) in [5.74, 6) is 0. The molecule has 2 aliphatic rings. The van der Waals surface area contributed by atoms with Crippen LogP contribution in [0.5, 0.6) is 0 Å². The third kappa shape index (κ3) is 2.90. The van der Waals surface area contributed by atoms with Crippen molar-refractivity contribution in [3.8, 4) is 0 Å². The molecule has 0 amide bonds. The largest absolute Gasteiger partial charge is 1.00 e. The summed E-state index contributed by atoms with van der Waals surface area (Å²) in [6.45, 7) is 4.63. The van der Waals surface area contributed by atoms with E-state index in [1.807, 2.05) is 0 Å². The van der Waals surface area contributed by atoms with Crippen LogP contribution in [0.4, 0.5) is 0 Å². The summed E-state index contributed by atoms with van der Waals surface area (Å²) in [6.07, 6.45) is 16.1. The molecule has 0 atom stereocenters. The van der Waals surface area contributed by atoms with E-state index in [-0.39, 0.29) is 13.8 Å². The number of allylic oxidation sites excluding steroid dienone is 8. The smallest absolute Gasteiger partial charge is 1.00 e. The Morgan fingerprint density at radius 2 is 1.53 bits per heavy atom. The molecule has 82 valence electrons. The van der Waals surface area contributed by atoms with Crippen molar-refractivity contribution in [1.82, 2.24) is 0 Å². The van der Waals surface area contributed by atoms with Gasteiger partial charge in [-0.25, -0.2) is 0 Å². The molecule has 0 aromatic heterocycles. The minimum Gasteiger partial charge on any atom is -1.00 e. The Morgan fingerprint density at radius 1 is 1.07 bits per heavy atom. The van der Waals surface area contributed by atoms with Gasteiger partial charge >= 0.3 is 92.1 Å². The monoisotopic (exact) mass is 256 g/mol. The molecule has 0 saturated carbocycles. The van der Waals surface area contributed by atoms with E-state index in [1.165, 1.54) is 12.8 Å². The van der Waals surface area contributed by atoms with E-state index in [0.717, 1.165) is 0 Å². The van der Waals surface area contributed by atoms with E-state index in [0.29, 0.717) is 0 Å². The summed E-state index contributed by atoms with van der Waals surface area (Å²) in [6, 6.07) is 0. The van der Waals surface area contributed by atoms with Crippen LogP contribution < -0.4 is 12.4 Å². The zero-order valence-electron chi connectivity index (χ0n) is 10.3. The summed E-state index contributed by atoms with van der Waals surface area (Å²) < 4.78 is 5.12. The minimum absolute atomic E-state index is 0. The van der Waals surface area contributed by atoms with Crippen molar-refractivity contribution in [2.24, 2.45) is 0 Å². The van der Waals surface area contributed by atoms with Crippen LogP contribution in [0, 0.1) is 0 Å². The fourth-order valence-corrected chi connectivity index (χ4v) is 6.59. The SMILES string of the molecule is C[C](C)=[Ti]([C]1=CC=CC1)[C]1=CC=CC1.[Cl-].[H-]. The molecule has 0 aliphatic heterocycles. The van der Waals surface area contributed by atoms with Crippen LogP contribution in [-0.2, 0) is 17.4 Å². The fraction of sp³-hybridized carbons (Fsp3) is 0.308. The second kappa shape index (κ2) is 5.79. The van der Waals surface area contributed by atoms with E-state index in [2.05, 4.69) is 50.3 Å². The van der Waals surface area contributed by atoms with Gasteiger partial charge in [0.15, 0.2) is 0 Å². The first-order valence-electron chi connectivity index (χ1n) is 5.18. The Labute approximate surface area is 106 Å². The van der Waals surface area contributed by atoms with Gasteiger partial charge in [0.05, 0.1) is 0 Å². The summed E-state index contributed by atoms with van der Waals surface area (Å²) >= 11 is -1.19. The molecule has 0 radical (unpaired) electrons. The Hall–Kier alpha value is -0.166. The summed E-state index contributed by atoms with van der Waals surface area (Å²) in [5, 5.41) is 0. The third-order valence-electron chi connectivity index (χ3n) is 2.68. The molecule has 0 nitrogen and oxygen atoms in total. The molecule has 0 aromatic rings. The van der Waals surface area contributed by atoms with Crippen LogP contribution in [-0.4, -0.2) is 3.81 Å². The van der Waals surface area contributed by atoms with Crippen LogP contribution in [0.2, 0.25) is 0 Å². The Balaban J connectivity index is 0.00000112. The number of rotatable bonds is 2. The molecule has 0 saturated heterocycles. The molecule has 0 heterocycles. The van der Waals surface area contributed by atoms with Crippen LogP contribution in [0.3, 0.4) is 0 Å². The molecule has 15 heavy (non-hydrogen) atoms. The summed E-state index contributed by atoms with van der Waals surface area (Å²) in [4.78, 5) is 0. The molecule has 0 bridgehead atoms. The molecule has 0 spiro atoms. The van der Waals surface area contributed by atoms with Gasteiger partial charge in [-0.2, -0.15) is 0 Å². The molecule has 2 heteroatoms. The maximum absolute atomic E-state index is 2.35. The van der Waals surface area contributed by atoms with Crippen molar-refractivity contribution in [3.63, 3.8) is 0 Å². The minimum atomic E-state index is -1.19. The standard InChI is InChI=1S/2C5H5.C3H6.ClH.Ti.H/c2*1-2-4-5-3-1;1-3-2;;;/h2*1-3H,4H2;1-2H3;1H;;/q;;;;;-1/p-1. The molecule has 0 unspecified atom stereocenters. The van der Waals surface area contributed by atoms with Gasteiger partial charge < -0.3 is 13.8 Å². The van der Waals surface area contributed by atoms with E-state index in [9.17, 15) is 0 Å². The average Bonchev–Trinajstić information content (AvgIpc) is 2.75. The quantitative estimate of drug-likeness (QED) is 0.636. The van der Waals surface area contributed by atoms with Crippen LogP contribution in [0.1, 0.15) is 28.1 Å². The summed E-state index contributed by atoms with van der Waals surface area (Å²) in [7, 11) is 0. The number of hydrogen-bond acceptors (Lipinski definition) is 0. The predicted octanol–water partition coefficient (Wildman–Crippen LogP) is 0.621. The van der Waals surface area contributed by atoms with Gasteiger partial charge in [-0.05, 0) is 0 Å². The average molecular weight is 257 g/mol. The van der Waals surface area contributed by atoms with Crippen molar-refractivity contribution in [2.75, 3.05) is 0 Å². The molecular weight excluding hydrogens is 239 g/mol. The van der Waals surface area contributed by atoms with Gasteiger partial charge in [0.2, 0.25) is 0 Å². The van der Waals surface area contributed by atoms with Gasteiger partial charge in [0.1, 0.15) is 0 Å². The number of hydrogen-bond donors (Lipinski definition) is 0. The normalized spacial score (nSPS) is 17.2. The van der Waals surface area contributed by atoms with Crippen LogP contribution in [0.15, 0.2) is 44.2 Å². The Morgan fingerprint density at radius 3 is 1.80 bits per heavy atom. The van der Waals surface area contributed by atoms with E-state index in [4.69, 9.17) is 0 Å². The van der Waals surface area contributed by atoms with E-state index < -0.39 is 17.4 Å². The van der Waals surface area contributed by atoms with Crippen LogP contribution in [0.25, 0.3) is 0 Å². The molecular formula is C13H17ClTi-2. The van der Waals surface area contributed by atoms with Crippen molar-refractivity contribution >= 4 is 3.81 Å². The Kier molecular flexibility index (Phi) is 4.98. The van der Waals surface area contributed by atoms with Crippen molar-refractivity contribution < 1.29 is 31.2 Å². The fourth-order valence-electron chi connectivity index (χ4n) is 2.11. The topological polar surface area (TPSA) is 0 Å². The molecule has 2 rings (SSSR count). The van der Waals surface area contributed by atoms with Crippen LogP contribution >= 0.6 is 0 Å². The molecule has 0 fully saturated rings. The van der Waals surface area contributed by atoms with Crippen molar-refractivity contribution in [1.29, 1.82) is 0 Å². The molecule has 2 aliphatic carbocycles. The van der Waals surface area contributed by atoms with Crippen molar-refractivity contribution in [3.05, 3.63) is 44.2 Å².